The van der Waals surface area contributed by atoms with Gasteiger partial charge in [-0.15, -0.1) is 11.3 Å². The molecule has 0 spiro atoms. The van der Waals surface area contributed by atoms with Crippen molar-refractivity contribution in [3.8, 4) is 67.9 Å². The predicted octanol–water partition coefficient (Wildman–Crippen LogP) is 18.1. The minimum atomic E-state index is 0.529. The number of pyridine rings is 1. The lowest BCUT2D eigenvalue weighted by Crippen LogP contribution is -2.02. The van der Waals surface area contributed by atoms with Crippen LogP contribution in [0.1, 0.15) is 0 Å². The number of hydrogen-bond acceptors (Lipinski definition) is 6. The normalized spacial score (nSPS) is 11.9. The molecule has 8 heteroatoms. The summed E-state index contributed by atoms with van der Waals surface area (Å²) in [7, 11) is 0. The minimum absolute atomic E-state index is 0.529. The van der Waals surface area contributed by atoms with Crippen LogP contribution in [-0.2, 0) is 0 Å². The third-order valence-electron chi connectivity index (χ3n) is 15.0. The van der Waals surface area contributed by atoms with Crippen molar-refractivity contribution in [2.24, 2.45) is 0 Å². The topological polar surface area (TPSA) is 74.6 Å². The molecule has 16 rings (SSSR count). The van der Waals surface area contributed by atoms with Gasteiger partial charge >= 0.3 is 0 Å². The lowest BCUT2D eigenvalue weighted by Gasteiger charge is -2.13. The van der Waals surface area contributed by atoms with Gasteiger partial charge in [-0.3, -0.25) is 4.98 Å². The molecule has 0 unspecified atom stereocenters. The maximum atomic E-state index is 6.92. The molecule has 0 radical (unpaired) electrons. The van der Waals surface area contributed by atoms with Gasteiger partial charge in [0.15, 0.2) is 23.1 Å². The highest BCUT2D eigenvalue weighted by Crippen LogP contribution is 2.46. The largest absolute Gasteiger partial charge is 0.454 e. The van der Waals surface area contributed by atoms with E-state index >= 15 is 0 Å². The van der Waals surface area contributed by atoms with Crippen LogP contribution in [0.2, 0.25) is 0 Å². The Balaban J connectivity index is 0.912. The molecule has 0 amide bonds. The van der Waals surface area contributed by atoms with E-state index in [-0.39, 0.29) is 0 Å². The van der Waals surface area contributed by atoms with Gasteiger partial charge in [0.2, 0.25) is 0 Å². The zero-order valence-corrected chi connectivity index (χ0v) is 41.4. The maximum absolute atomic E-state index is 6.92. The summed E-state index contributed by atoms with van der Waals surface area (Å²) in [5.74, 6) is 1.70. The molecule has 0 saturated heterocycles. The maximum Gasteiger partial charge on any atom is 0.166 e. The molecule has 0 atom stereocenters. The lowest BCUT2D eigenvalue weighted by atomic mass is 9.98. The molecule has 0 saturated carbocycles. The lowest BCUT2D eigenvalue weighted by molar-refractivity contribution is 0.671. The molecule has 0 aliphatic rings. The molecule has 6 aromatic heterocycles. The van der Waals surface area contributed by atoms with E-state index in [0.29, 0.717) is 17.5 Å². The summed E-state index contributed by atoms with van der Waals surface area (Å²) in [6.07, 6.45) is 2.00. The number of thiophene rings is 1. The van der Waals surface area contributed by atoms with E-state index < -0.39 is 0 Å². The summed E-state index contributed by atoms with van der Waals surface area (Å²) < 4.78 is 14.2. The molecule has 354 valence electrons. The van der Waals surface area contributed by atoms with Crippen molar-refractivity contribution in [2.75, 3.05) is 0 Å². The Morgan fingerprint density at radius 3 is 1.54 bits per heavy atom. The van der Waals surface area contributed by atoms with Crippen molar-refractivity contribution in [1.29, 1.82) is 0 Å². The van der Waals surface area contributed by atoms with Crippen molar-refractivity contribution < 1.29 is 4.42 Å². The SMILES string of the molecule is c1ccc(-c2nc(-c3ccccc3)nc(-c3cc(-c4ccc5sc6c(ccc7c8ccccc8n(-c8ccccc8)c76)c5c4)cnc3-c3ccc4oc5c(ccc6c7ccccc7n(-c7ccccc7)c65)c4c3)n2)cc1. The van der Waals surface area contributed by atoms with Crippen LogP contribution in [0.4, 0.5) is 0 Å². The third-order valence-corrected chi connectivity index (χ3v) is 16.2. The van der Waals surface area contributed by atoms with Crippen LogP contribution >= 0.6 is 11.3 Å². The second-order valence-electron chi connectivity index (χ2n) is 19.3. The van der Waals surface area contributed by atoms with E-state index in [1.54, 1.807) is 0 Å². The molecular weight excluding hydrogens is 949 g/mol. The number of nitrogens with zero attached hydrogens (tertiary/aromatic N) is 6. The Kier molecular flexibility index (Phi) is 9.37. The summed E-state index contributed by atoms with van der Waals surface area (Å²) in [5.41, 5.74) is 14.7. The second kappa shape index (κ2) is 16.8. The van der Waals surface area contributed by atoms with Crippen LogP contribution in [0.5, 0.6) is 0 Å². The fraction of sp³-hybridized carbons (Fsp3) is 0. The van der Waals surface area contributed by atoms with E-state index in [2.05, 4.69) is 185 Å². The molecule has 10 aromatic carbocycles. The van der Waals surface area contributed by atoms with Crippen LogP contribution in [0, 0.1) is 0 Å². The van der Waals surface area contributed by atoms with Gasteiger partial charge in [0.1, 0.15) is 5.58 Å². The molecule has 76 heavy (non-hydrogen) atoms. The summed E-state index contributed by atoms with van der Waals surface area (Å²) in [4.78, 5) is 21.1. The highest BCUT2D eigenvalue weighted by atomic mass is 32.1. The Labute approximate surface area is 438 Å². The number of benzene rings is 10. The highest BCUT2D eigenvalue weighted by Gasteiger charge is 2.23. The highest BCUT2D eigenvalue weighted by molar-refractivity contribution is 7.26. The Morgan fingerprint density at radius 1 is 0.355 bits per heavy atom. The Morgan fingerprint density at radius 2 is 0.882 bits per heavy atom. The third kappa shape index (κ3) is 6.54. The number of rotatable bonds is 7. The van der Waals surface area contributed by atoms with Crippen molar-refractivity contribution in [3.05, 3.63) is 243 Å². The number of para-hydroxylation sites is 4. The van der Waals surface area contributed by atoms with Crippen molar-refractivity contribution in [1.82, 2.24) is 29.1 Å². The first kappa shape index (κ1) is 42.5. The van der Waals surface area contributed by atoms with Gasteiger partial charge in [0.05, 0.1) is 32.5 Å². The van der Waals surface area contributed by atoms with Crippen molar-refractivity contribution >= 4 is 97.1 Å². The van der Waals surface area contributed by atoms with Crippen LogP contribution in [0.3, 0.4) is 0 Å². The first-order valence-electron chi connectivity index (χ1n) is 25.4. The zero-order chi connectivity index (χ0) is 49.8. The monoisotopic (exact) mass is 988 g/mol. The average Bonchev–Trinajstić information content (AvgIpc) is 4.45. The number of hydrogen-bond donors (Lipinski definition) is 0. The molecule has 0 aliphatic heterocycles. The first-order valence-corrected chi connectivity index (χ1v) is 26.3. The van der Waals surface area contributed by atoms with Crippen LogP contribution < -0.4 is 0 Å². The van der Waals surface area contributed by atoms with E-state index in [9.17, 15) is 0 Å². The zero-order valence-electron chi connectivity index (χ0n) is 40.6. The smallest absolute Gasteiger partial charge is 0.166 e. The molecule has 0 bridgehead atoms. The summed E-state index contributed by atoms with van der Waals surface area (Å²) in [6.45, 7) is 0. The fourth-order valence-electron chi connectivity index (χ4n) is 11.5. The van der Waals surface area contributed by atoms with Gasteiger partial charge in [-0.1, -0.05) is 158 Å². The van der Waals surface area contributed by atoms with Crippen molar-refractivity contribution in [3.63, 3.8) is 0 Å². The number of furan rings is 1. The molecule has 16 aromatic rings. The standard InChI is InChI=1S/C68H40N6OS/c1-5-17-41(18-6-1)66-70-67(42-19-7-2-8-20-42)72-68(71-66)56-39-45(43-30-36-60-55(37-43)53-34-32-51-49-26-14-16-28-58(49)74(63(51)65(53)76-60)47-23-11-4-12-24-47)40-69-61(56)44-29-35-59-54(38-44)52-33-31-50-48-25-13-15-27-57(48)73(62(50)64(52)75-59)46-21-9-3-10-22-46/h1-40H. The van der Waals surface area contributed by atoms with Gasteiger partial charge in [-0.25, -0.2) is 15.0 Å². The molecule has 6 heterocycles. The predicted molar refractivity (Wildman–Crippen MR) is 314 cm³/mol. The second-order valence-corrected chi connectivity index (χ2v) is 20.4. The van der Waals surface area contributed by atoms with E-state index in [0.717, 1.165) is 88.8 Å². The Hall–Kier alpha value is -10.0. The van der Waals surface area contributed by atoms with Gasteiger partial charge in [-0.2, -0.15) is 0 Å². The fourth-order valence-corrected chi connectivity index (χ4v) is 12.8. The van der Waals surface area contributed by atoms with Crippen LogP contribution in [-0.4, -0.2) is 29.1 Å². The molecule has 7 nitrogen and oxygen atoms in total. The van der Waals surface area contributed by atoms with Crippen LogP contribution in [0.15, 0.2) is 247 Å². The molecule has 0 aliphatic carbocycles. The number of aromatic nitrogens is 6. The van der Waals surface area contributed by atoms with Gasteiger partial charge < -0.3 is 13.6 Å². The first-order chi connectivity index (χ1) is 37.7. The summed E-state index contributed by atoms with van der Waals surface area (Å²) in [5, 5.41) is 9.25. The van der Waals surface area contributed by atoms with Gasteiger partial charge in [0.25, 0.3) is 0 Å². The van der Waals surface area contributed by atoms with Crippen molar-refractivity contribution in [2.45, 2.75) is 0 Å². The average molecular weight is 989 g/mol. The van der Waals surface area contributed by atoms with Gasteiger partial charge in [0, 0.05) is 93.2 Å². The van der Waals surface area contributed by atoms with E-state index in [4.69, 9.17) is 24.4 Å². The molecule has 0 N–H and O–H groups in total. The number of fused-ring (bicyclic) bond motifs is 14. The molecular formula is C68H40N6OS. The minimum Gasteiger partial charge on any atom is -0.454 e. The summed E-state index contributed by atoms with van der Waals surface area (Å²) in [6, 6.07) is 83.3. The quantitative estimate of drug-likeness (QED) is 0.159. The molecule has 0 fully saturated rings. The van der Waals surface area contributed by atoms with E-state index in [1.165, 1.54) is 47.4 Å². The summed E-state index contributed by atoms with van der Waals surface area (Å²) >= 11 is 1.85. The van der Waals surface area contributed by atoms with E-state index in [1.807, 2.05) is 78.2 Å². The Bertz CT molecular complexity index is 4920. The van der Waals surface area contributed by atoms with Gasteiger partial charge in [-0.05, 0) is 84.4 Å². The van der Waals surface area contributed by atoms with Crippen LogP contribution in [0.25, 0.3) is 154 Å².